The zero-order chi connectivity index (χ0) is 14.4. The first-order valence-corrected chi connectivity index (χ1v) is 8.00. The topological polar surface area (TPSA) is 20.3 Å². The van der Waals surface area contributed by atoms with Crippen molar-refractivity contribution in [2.45, 2.75) is 32.7 Å². The Kier molecular flexibility index (Phi) is 5.36. The van der Waals surface area contributed by atoms with Gasteiger partial charge in [0.2, 0.25) is 5.91 Å². The molecule has 20 heavy (non-hydrogen) atoms. The smallest absolute Gasteiger partial charge is 0.230 e. The van der Waals surface area contributed by atoms with Crippen LogP contribution in [0, 0.1) is 0 Å². The van der Waals surface area contributed by atoms with Gasteiger partial charge in [-0.05, 0) is 30.4 Å². The van der Waals surface area contributed by atoms with Gasteiger partial charge in [-0.1, -0.05) is 43.3 Å². The van der Waals surface area contributed by atoms with Crippen molar-refractivity contribution in [1.82, 2.24) is 4.90 Å². The summed E-state index contributed by atoms with van der Waals surface area (Å²) in [6.45, 7) is 5.59. The third-order valence-corrected chi connectivity index (χ3v) is 4.39. The van der Waals surface area contributed by atoms with Crippen molar-refractivity contribution in [2.75, 3.05) is 6.54 Å². The van der Waals surface area contributed by atoms with Gasteiger partial charge in [-0.3, -0.25) is 4.79 Å². The largest absolute Gasteiger partial charge is 0.337 e. The number of hydrogen-bond acceptors (Lipinski definition) is 2. The van der Waals surface area contributed by atoms with Gasteiger partial charge in [-0.15, -0.1) is 11.3 Å². The summed E-state index contributed by atoms with van der Waals surface area (Å²) in [7, 11) is 0. The van der Waals surface area contributed by atoms with Crippen molar-refractivity contribution >= 4 is 17.2 Å². The van der Waals surface area contributed by atoms with Gasteiger partial charge in [-0.25, -0.2) is 0 Å². The Labute approximate surface area is 125 Å². The minimum Gasteiger partial charge on any atom is -0.337 e. The minimum absolute atomic E-state index is 0.0314. The number of nitrogens with zero attached hydrogens (tertiary/aromatic N) is 1. The van der Waals surface area contributed by atoms with Crippen molar-refractivity contribution in [3.8, 4) is 0 Å². The number of hydrogen-bond donors (Lipinski definition) is 0. The predicted octanol–water partition coefficient (Wildman–Crippen LogP) is 4.29. The molecule has 0 aliphatic heterocycles. The lowest BCUT2D eigenvalue weighted by Crippen LogP contribution is -2.34. The second-order valence-corrected chi connectivity index (χ2v) is 5.84. The predicted molar refractivity (Wildman–Crippen MR) is 84.9 cm³/mol. The molecule has 0 spiro atoms. The fourth-order valence-corrected chi connectivity index (χ4v) is 3.11. The normalized spacial score (nSPS) is 12.1. The maximum Gasteiger partial charge on any atom is 0.230 e. The number of carbonyl (C=O) groups excluding carboxylic acids is 1. The first kappa shape index (κ1) is 14.8. The fourth-order valence-electron chi connectivity index (χ4n) is 2.39. The van der Waals surface area contributed by atoms with E-state index in [1.807, 2.05) is 48.2 Å². The molecule has 0 bridgehead atoms. The second kappa shape index (κ2) is 7.25. The van der Waals surface area contributed by atoms with Crippen LogP contribution in [0.3, 0.4) is 0 Å². The van der Waals surface area contributed by atoms with Crippen LogP contribution in [0.4, 0.5) is 0 Å². The Bertz CT molecular complexity index is 521. The molecule has 0 radical (unpaired) electrons. The van der Waals surface area contributed by atoms with E-state index < -0.39 is 0 Å². The molecule has 3 heteroatoms. The Morgan fingerprint density at radius 2 is 1.90 bits per heavy atom. The molecule has 0 fully saturated rings. The number of amides is 1. The highest BCUT2D eigenvalue weighted by molar-refractivity contribution is 7.09. The Morgan fingerprint density at radius 3 is 2.45 bits per heavy atom. The summed E-state index contributed by atoms with van der Waals surface area (Å²) < 4.78 is 0. The van der Waals surface area contributed by atoms with Gasteiger partial charge < -0.3 is 4.90 Å². The van der Waals surface area contributed by atoms with Crippen LogP contribution in [0.5, 0.6) is 0 Å². The van der Waals surface area contributed by atoms with Gasteiger partial charge in [0.05, 0.1) is 12.5 Å². The van der Waals surface area contributed by atoms with E-state index in [4.69, 9.17) is 0 Å². The molecule has 0 aliphatic rings. The third kappa shape index (κ3) is 3.48. The maximum absolute atomic E-state index is 12.8. The van der Waals surface area contributed by atoms with E-state index in [0.29, 0.717) is 0 Å². The zero-order valence-electron chi connectivity index (χ0n) is 12.1. The van der Waals surface area contributed by atoms with E-state index in [2.05, 4.69) is 18.4 Å². The molecule has 2 aromatic rings. The first-order valence-electron chi connectivity index (χ1n) is 7.12. The summed E-state index contributed by atoms with van der Waals surface area (Å²) in [6.07, 6.45) is 0.837. The molecule has 0 saturated heterocycles. The van der Waals surface area contributed by atoms with Crippen molar-refractivity contribution < 1.29 is 4.79 Å². The summed E-state index contributed by atoms with van der Waals surface area (Å²) >= 11 is 1.71. The zero-order valence-corrected chi connectivity index (χ0v) is 12.9. The van der Waals surface area contributed by atoms with E-state index in [9.17, 15) is 4.79 Å². The maximum atomic E-state index is 12.8. The van der Waals surface area contributed by atoms with Gasteiger partial charge >= 0.3 is 0 Å². The van der Waals surface area contributed by atoms with Gasteiger partial charge in [0.1, 0.15) is 0 Å². The molecule has 0 aliphatic carbocycles. The molecule has 106 valence electrons. The van der Waals surface area contributed by atoms with E-state index in [1.165, 1.54) is 4.88 Å². The molecule has 2 nitrogen and oxygen atoms in total. The lowest BCUT2D eigenvalue weighted by molar-refractivity contribution is -0.133. The van der Waals surface area contributed by atoms with Crippen molar-refractivity contribution in [3.05, 3.63) is 58.3 Å². The van der Waals surface area contributed by atoms with Crippen molar-refractivity contribution in [3.63, 3.8) is 0 Å². The standard InChI is InChI=1S/C17H21NOS/c1-3-16(14-9-6-5-7-10-14)17(19)18(4-2)13-15-11-8-12-20-15/h5-12,16H,3-4,13H2,1-2H3. The number of likely N-dealkylation sites (N-methyl/N-ethyl adjacent to an activating group) is 1. The highest BCUT2D eigenvalue weighted by atomic mass is 32.1. The summed E-state index contributed by atoms with van der Waals surface area (Å²) in [5.41, 5.74) is 1.12. The Morgan fingerprint density at radius 1 is 1.15 bits per heavy atom. The molecule has 2 rings (SSSR count). The van der Waals surface area contributed by atoms with Crippen LogP contribution in [0.15, 0.2) is 47.8 Å². The number of rotatable bonds is 6. The highest BCUT2D eigenvalue weighted by Crippen LogP contribution is 2.23. The highest BCUT2D eigenvalue weighted by Gasteiger charge is 2.23. The molecule has 0 saturated carbocycles. The van der Waals surface area contributed by atoms with Crippen LogP contribution in [0.2, 0.25) is 0 Å². The van der Waals surface area contributed by atoms with Crippen LogP contribution < -0.4 is 0 Å². The summed E-state index contributed by atoms with van der Waals surface area (Å²) in [5.74, 6) is 0.200. The minimum atomic E-state index is -0.0314. The fraction of sp³-hybridized carbons (Fsp3) is 0.353. The van der Waals surface area contributed by atoms with Crippen LogP contribution >= 0.6 is 11.3 Å². The van der Waals surface area contributed by atoms with Gasteiger partial charge in [0.15, 0.2) is 0 Å². The lowest BCUT2D eigenvalue weighted by atomic mass is 9.95. The molecule has 0 N–H and O–H groups in total. The summed E-state index contributed by atoms with van der Waals surface area (Å²) in [5, 5.41) is 2.06. The van der Waals surface area contributed by atoms with Gasteiger partial charge in [-0.2, -0.15) is 0 Å². The quantitative estimate of drug-likeness (QED) is 0.776. The van der Waals surface area contributed by atoms with Gasteiger partial charge in [0.25, 0.3) is 0 Å². The molecule has 1 atom stereocenters. The molecular formula is C17H21NOS. The molecule has 1 unspecified atom stereocenters. The van der Waals surface area contributed by atoms with Crippen LogP contribution in [0.25, 0.3) is 0 Å². The van der Waals surface area contributed by atoms with E-state index >= 15 is 0 Å². The average Bonchev–Trinajstić information content (AvgIpc) is 2.99. The SMILES string of the molecule is CCC(C(=O)N(CC)Cc1cccs1)c1ccccc1. The first-order chi connectivity index (χ1) is 9.76. The molecule has 1 heterocycles. The lowest BCUT2D eigenvalue weighted by Gasteiger charge is -2.25. The Balaban J connectivity index is 2.14. The summed E-state index contributed by atoms with van der Waals surface area (Å²) in [4.78, 5) is 16.0. The van der Waals surface area contributed by atoms with E-state index in [0.717, 1.165) is 25.1 Å². The van der Waals surface area contributed by atoms with Gasteiger partial charge in [0, 0.05) is 11.4 Å². The van der Waals surface area contributed by atoms with Crippen LogP contribution in [-0.4, -0.2) is 17.4 Å². The number of benzene rings is 1. The average molecular weight is 287 g/mol. The molecule has 1 amide bonds. The molecular weight excluding hydrogens is 266 g/mol. The summed E-state index contributed by atoms with van der Waals surface area (Å²) in [6, 6.07) is 14.2. The van der Waals surface area contributed by atoms with E-state index in [1.54, 1.807) is 11.3 Å². The van der Waals surface area contributed by atoms with Crippen LogP contribution in [-0.2, 0) is 11.3 Å². The number of carbonyl (C=O) groups is 1. The second-order valence-electron chi connectivity index (χ2n) is 4.80. The van der Waals surface area contributed by atoms with Crippen molar-refractivity contribution in [2.24, 2.45) is 0 Å². The monoisotopic (exact) mass is 287 g/mol. The van der Waals surface area contributed by atoms with Crippen LogP contribution in [0.1, 0.15) is 36.6 Å². The Hall–Kier alpha value is -1.61. The number of thiophene rings is 1. The van der Waals surface area contributed by atoms with Crippen molar-refractivity contribution in [1.29, 1.82) is 0 Å². The molecule has 1 aromatic heterocycles. The third-order valence-electron chi connectivity index (χ3n) is 3.53. The van der Waals surface area contributed by atoms with E-state index in [-0.39, 0.29) is 11.8 Å². The molecule has 1 aromatic carbocycles.